The van der Waals surface area contributed by atoms with Crippen LogP contribution in [0.5, 0.6) is 46.0 Å². The van der Waals surface area contributed by atoms with Crippen LogP contribution in [0.15, 0.2) is 291 Å². The highest BCUT2D eigenvalue weighted by atomic mass is 16.5. The van der Waals surface area contributed by atoms with Crippen molar-refractivity contribution in [2.75, 3.05) is 112 Å². The van der Waals surface area contributed by atoms with Gasteiger partial charge in [-0.1, -0.05) is 249 Å². The van der Waals surface area contributed by atoms with Gasteiger partial charge in [-0.25, -0.2) is 0 Å². The monoisotopic (exact) mass is 1910 g/mol. The second-order valence-electron chi connectivity index (χ2n) is 34.0. The summed E-state index contributed by atoms with van der Waals surface area (Å²) in [6.45, 7) is 1.19. The van der Waals surface area contributed by atoms with Crippen LogP contribution in [0, 0.1) is 0 Å². The van der Waals surface area contributed by atoms with Crippen molar-refractivity contribution in [2.45, 2.75) is 97.0 Å². The number of hydrogen-bond donors (Lipinski definition) is 9. The third kappa shape index (κ3) is 30.3. The maximum Gasteiger partial charge on any atom is 0.255 e. The molecule has 0 aliphatic carbocycles. The number of nitrogens with zero attached hydrogens (tertiary/aromatic N) is 2. The molecule has 0 aromatic heterocycles. The average Bonchev–Trinajstić information content (AvgIpc) is 0.798. The molecule has 10 N–H and O–H groups in total. The molecule has 29 nitrogen and oxygen atoms in total. The van der Waals surface area contributed by atoms with Gasteiger partial charge in [-0.15, -0.1) is 0 Å². The van der Waals surface area contributed by atoms with Gasteiger partial charge in [0.15, 0.2) is 46.0 Å². The lowest BCUT2D eigenvalue weighted by Crippen LogP contribution is -2.51. The number of carbonyl (C=O) groups excluding carboxylic acids is 8. The predicted octanol–water partition coefficient (Wildman–Crippen LogP) is 14.2. The van der Waals surface area contributed by atoms with Crippen LogP contribution >= 0.6 is 0 Å². The van der Waals surface area contributed by atoms with Crippen LogP contribution in [0.25, 0.3) is 0 Å². The summed E-state index contributed by atoms with van der Waals surface area (Å²) in [6, 6.07) is 85.4. The maximum atomic E-state index is 16.4. The SMILES string of the molecule is COCCOCCNC(=O)c1ccc(C(=O)NCCC[C@H]2CN3CCNC(=O)c4ccc(c(OCc5ccccc5)c4OCc4ccccc4)C(=O)NCCN(CCNC(=O)c4ccc(c(OCc5ccccc5)c4OCc4ccccc4)C(=O)N[C@@H](CCCCN)C3)CCNC(=O)c3ccc(c(OCc4ccccc4)c3OCc3ccccc3)C(=O)N2)c(OCc2ccccc2)c1OCc1ccccc1. The van der Waals surface area contributed by atoms with Gasteiger partial charge >= 0.3 is 0 Å². The predicted molar refractivity (Wildman–Crippen MR) is 536 cm³/mol. The number of rotatable bonds is 40. The minimum absolute atomic E-state index is 0.000715. The fourth-order valence-corrected chi connectivity index (χ4v) is 16.3. The fourth-order valence-electron chi connectivity index (χ4n) is 16.3. The van der Waals surface area contributed by atoms with E-state index in [9.17, 15) is 4.79 Å². The van der Waals surface area contributed by atoms with Crippen molar-refractivity contribution >= 4 is 47.3 Å². The zero-order valence-corrected chi connectivity index (χ0v) is 79.2. The zero-order valence-electron chi connectivity index (χ0n) is 79.2. The molecule has 0 saturated heterocycles. The summed E-state index contributed by atoms with van der Waals surface area (Å²) in [5.41, 5.74) is 12.7. The summed E-state index contributed by atoms with van der Waals surface area (Å²) >= 11 is 0. The highest BCUT2D eigenvalue weighted by Gasteiger charge is 2.34. The number of nitrogens with two attached hydrogens (primary N) is 1. The Hall–Kier alpha value is -15.4. The summed E-state index contributed by atoms with van der Waals surface area (Å²) in [6.07, 6.45) is 1.67. The quantitative estimate of drug-likeness (QED) is 0.0161. The minimum atomic E-state index is -0.919. The van der Waals surface area contributed by atoms with E-state index in [1.807, 2.05) is 252 Å². The molecule has 29 heteroatoms. The number of unbranched alkanes of at least 4 members (excludes halogenated alkanes) is 1. The first-order chi connectivity index (χ1) is 69.2. The number of fused-ring (bicyclic) bond motifs is 18. The number of ether oxygens (including phenoxy) is 10. The second-order valence-corrected chi connectivity index (χ2v) is 34.0. The van der Waals surface area contributed by atoms with E-state index in [2.05, 4.69) is 42.5 Å². The Morgan fingerprint density at radius 1 is 0.298 bits per heavy atom. The van der Waals surface area contributed by atoms with Gasteiger partial charge in [0.1, 0.15) is 52.9 Å². The van der Waals surface area contributed by atoms with Gasteiger partial charge in [0, 0.05) is 97.7 Å². The number of hydrogen-bond acceptors (Lipinski definition) is 21. The molecule has 3 aliphatic rings. The Morgan fingerprint density at radius 2 is 0.553 bits per heavy atom. The van der Waals surface area contributed by atoms with Crippen molar-refractivity contribution < 1.29 is 85.7 Å². The normalized spacial score (nSPS) is 15.5. The van der Waals surface area contributed by atoms with Crippen LogP contribution in [-0.4, -0.2) is 181 Å². The van der Waals surface area contributed by atoms with Crippen molar-refractivity contribution in [1.29, 1.82) is 0 Å². The number of nitrogens with one attached hydrogen (secondary N) is 8. The van der Waals surface area contributed by atoms with Crippen LogP contribution in [0.1, 0.15) is 159 Å². The molecule has 0 radical (unpaired) electrons. The molecule has 15 rings (SSSR count). The summed E-state index contributed by atoms with van der Waals surface area (Å²) in [5, 5.41) is 25.4. The molecule has 12 aromatic carbocycles. The molecule has 4 atom stereocenters. The highest BCUT2D eigenvalue weighted by molar-refractivity contribution is 6.06. The fraction of sp³-hybridized carbons (Fsp3) is 0.286. The van der Waals surface area contributed by atoms with E-state index in [-0.39, 0.29) is 241 Å². The van der Waals surface area contributed by atoms with Crippen molar-refractivity contribution in [3.05, 3.63) is 380 Å². The molecule has 2 unspecified atom stereocenters. The van der Waals surface area contributed by atoms with Crippen LogP contribution < -0.4 is 86.2 Å². The second kappa shape index (κ2) is 54.1. The van der Waals surface area contributed by atoms with E-state index >= 15 is 33.6 Å². The summed E-state index contributed by atoms with van der Waals surface area (Å²) in [5.74, 6) is -4.81. The molecular formula is C112H121N11O18. The first-order valence-corrected chi connectivity index (χ1v) is 47.7. The zero-order chi connectivity index (χ0) is 98.0. The lowest BCUT2D eigenvalue weighted by atomic mass is 10.0. The average molecular weight is 1910 g/mol. The van der Waals surface area contributed by atoms with Crippen LogP contribution in [0.4, 0.5) is 0 Å². The molecule has 141 heavy (non-hydrogen) atoms. The highest BCUT2D eigenvalue weighted by Crippen LogP contribution is 2.42. The largest absolute Gasteiger partial charge is 0.484 e. The molecule has 12 aromatic rings. The minimum Gasteiger partial charge on any atom is -0.484 e. The number of methoxy groups -OCH3 is 1. The lowest BCUT2D eigenvalue weighted by Gasteiger charge is -2.32. The van der Waals surface area contributed by atoms with Crippen LogP contribution in [0.2, 0.25) is 0 Å². The van der Waals surface area contributed by atoms with E-state index < -0.39 is 59.3 Å². The van der Waals surface area contributed by atoms with Gasteiger partial charge < -0.3 is 95.6 Å². The van der Waals surface area contributed by atoms with Gasteiger partial charge in [0.2, 0.25) is 0 Å². The number of amides is 8. The molecule has 8 bridgehead atoms. The molecule has 3 heterocycles. The summed E-state index contributed by atoms with van der Waals surface area (Å²) in [7, 11) is 1.57. The van der Waals surface area contributed by atoms with Crippen LogP contribution in [-0.2, 0) is 62.3 Å². The van der Waals surface area contributed by atoms with Crippen molar-refractivity contribution in [2.24, 2.45) is 5.73 Å². The molecular weight excluding hydrogens is 1790 g/mol. The Bertz CT molecular complexity index is 6060. The van der Waals surface area contributed by atoms with Gasteiger partial charge in [0.05, 0.1) is 64.3 Å². The first-order valence-electron chi connectivity index (χ1n) is 47.7. The maximum absolute atomic E-state index is 16.4. The Morgan fingerprint density at radius 3 is 0.830 bits per heavy atom. The van der Waals surface area contributed by atoms with E-state index in [0.717, 1.165) is 44.5 Å². The smallest absolute Gasteiger partial charge is 0.255 e. The molecule has 0 fully saturated rings. The van der Waals surface area contributed by atoms with Crippen LogP contribution in [0.3, 0.4) is 0 Å². The molecule has 732 valence electrons. The standard InChI is InChI=1S/C112H121N11O18/c1-132-67-68-133-66-61-119-110(129)94-50-47-89(97(134-71-79-29-10-2-11-30-79)100(94)137-74-82-35-16-5-17-36-82)105(124)114-56-28-46-88-70-123-65-60-118-109(128)91-49-48-90(98(135-72-80-31-12-3-13-32-80)99(91)136-73-81-33-14-4-15-34-81)106(125)115-57-62-122(64-59-117-108(127)93-52-54-96(112(131)121-88)104(141-78-86-43-24-9-25-44-86)102(93)139-76-84-39-20-7-21-40-84)63-58-116-107(126)92-51-53-95(111(130)120-87(69-123)45-26-27-55-113)103(140-77-85-41-22-8-23-42-85)101(92)138-75-83-37-18-6-19-38-83/h2-25,29-44,47-54,87-88H,26-28,45-46,55-78,113H2,1H3,(H,114,124)(H,115,125)(H,116,126)(H,117,127)(H,118,128)(H,119,129)(H,120,130)(H,121,131)/t87-,88-/m0/s1. The Kier molecular flexibility index (Phi) is 38.9. The summed E-state index contributed by atoms with van der Waals surface area (Å²) < 4.78 is 65.0. The van der Waals surface area contributed by atoms with Gasteiger partial charge in [-0.05, 0) is 125 Å². The Labute approximate surface area is 821 Å². The third-order valence-electron chi connectivity index (χ3n) is 23.7. The van der Waals surface area contributed by atoms with Gasteiger partial charge in [-0.2, -0.15) is 0 Å². The van der Waals surface area contributed by atoms with E-state index in [1.54, 1.807) is 13.2 Å². The van der Waals surface area contributed by atoms with E-state index in [0.29, 0.717) is 39.0 Å². The van der Waals surface area contributed by atoms with E-state index in [4.69, 9.17) is 53.1 Å². The topological polar surface area (TPSA) is 358 Å². The van der Waals surface area contributed by atoms with Gasteiger partial charge in [-0.3, -0.25) is 48.2 Å². The summed E-state index contributed by atoms with van der Waals surface area (Å²) in [4.78, 5) is 128. The van der Waals surface area contributed by atoms with Gasteiger partial charge in [0.25, 0.3) is 47.3 Å². The number of benzene rings is 12. The molecule has 8 amide bonds. The van der Waals surface area contributed by atoms with Crippen molar-refractivity contribution in [1.82, 2.24) is 52.3 Å². The Balaban J connectivity index is 0.903. The first kappa shape index (κ1) is 102. The van der Waals surface area contributed by atoms with E-state index in [1.165, 1.54) is 42.5 Å². The van der Waals surface area contributed by atoms with Crippen molar-refractivity contribution in [3.8, 4) is 46.0 Å². The third-order valence-corrected chi connectivity index (χ3v) is 23.7. The molecule has 0 saturated carbocycles. The molecule has 0 spiro atoms. The molecule has 3 aliphatic heterocycles. The lowest BCUT2D eigenvalue weighted by molar-refractivity contribution is 0.0691. The van der Waals surface area contributed by atoms with Crippen molar-refractivity contribution in [3.63, 3.8) is 0 Å². The number of carbonyl (C=O) groups is 8.